The highest BCUT2D eigenvalue weighted by molar-refractivity contribution is 5.94. The van der Waals surface area contributed by atoms with Crippen molar-refractivity contribution in [1.29, 1.82) is 0 Å². The maximum atomic E-state index is 13.0. The Morgan fingerprint density at radius 1 is 1.35 bits per heavy atom. The lowest BCUT2D eigenvalue weighted by Gasteiger charge is -2.34. The molecule has 4 nitrogen and oxygen atoms in total. The van der Waals surface area contributed by atoms with Gasteiger partial charge in [-0.25, -0.2) is 4.39 Å². The Bertz CT molecular complexity index is 571. The highest BCUT2D eigenvalue weighted by atomic mass is 19.1. The normalized spacial score (nSPS) is 21.1. The van der Waals surface area contributed by atoms with E-state index in [0.717, 1.165) is 12.0 Å². The number of carbonyl (C=O) groups excluding carboxylic acids is 2. The zero-order chi connectivity index (χ0) is 17.0. The molecule has 0 bridgehead atoms. The van der Waals surface area contributed by atoms with Crippen LogP contribution in [0, 0.1) is 11.7 Å². The highest BCUT2D eigenvalue weighted by Gasteiger charge is 2.46. The third kappa shape index (κ3) is 4.09. The minimum Gasteiger partial charge on any atom is -0.354 e. The Morgan fingerprint density at radius 3 is 2.61 bits per heavy atom. The average Bonchev–Trinajstić information content (AvgIpc) is 2.78. The van der Waals surface area contributed by atoms with Crippen molar-refractivity contribution in [2.75, 3.05) is 6.54 Å². The van der Waals surface area contributed by atoms with E-state index in [1.165, 1.54) is 12.1 Å². The third-order valence-corrected chi connectivity index (χ3v) is 4.47. The molecule has 0 spiro atoms. The topological polar surface area (TPSA) is 49.4 Å². The van der Waals surface area contributed by atoms with Crippen LogP contribution in [0.5, 0.6) is 0 Å². The van der Waals surface area contributed by atoms with Crippen LogP contribution in [0.2, 0.25) is 0 Å². The fourth-order valence-corrected chi connectivity index (χ4v) is 2.83. The molecule has 0 aromatic heterocycles. The van der Waals surface area contributed by atoms with Gasteiger partial charge in [0.2, 0.25) is 11.8 Å². The molecule has 1 aliphatic heterocycles. The lowest BCUT2D eigenvalue weighted by Crippen LogP contribution is -2.54. The van der Waals surface area contributed by atoms with Crippen molar-refractivity contribution in [2.45, 2.75) is 52.1 Å². The van der Waals surface area contributed by atoms with Gasteiger partial charge in [-0.3, -0.25) is 9.59 Å². The lowest BCUT2D eigenvalue weighted by atomic mass is 9.96. The summed E-state index contributed by atoms with van der Waals surface area (Å²) in [6.45, 7) is 6.96. The molecule has 1 aromatic carbocycles. The predicted octanol–water partition coefficient (Wildman–Crippen LogP) is 2.87. The largest absolute Gasteiger partial charge is 0.354 e. The van der Waals surface area contributed by atoms with E-state index in [0.29, 0.717) is 31.8 Å². The van der Waals surface area contributed by atoms with Gasteiger partial charge in [0, 0.05) is 19.5 Å². The number of nitrogens with zero attached hydrogens (tertiary/aromatic N) is 1. The molecule has 0 aliphatic carbocycles. The van der Waals surface area contributed by atoms with Crippen LogP contribution in [0.3, 0.4) is 0 Å². The quantitative estimate of drug-likeness (QED) is 0.876. The van der Waals surface area contributed by atoms with Crippen molar-refractivity contribution in [2.24, 2.45) is 5.92 Å². The number of hydrogen-bond acceptors (Lipinski definition) is 2. The summed E-state index contributed by atoms with van der Waals surface area (Å²) < 4.78 is 13.0. The monoisotopic (exact) mass is 320 g/mol. The smallest absolute Gasteiger partial charge is 0.245 e. The number of nitrogens with one attached hydrogen (secondary N) is 1. The first-order valence-electron chi connectivity index (χ1n) is 8.16. The standard InChI is InChI=1S/C18H25FN2O2/c1-13(2)9-11-20-17(23)18(3)10-8-16(22)21(18)12-14-4-6-15(19)7-5-14/h4-7,13H,8-12H2,1-3H3,(H,20,23)/t18-/m0/s1. The molecule has 2 amide bonds. The second-order valence-electron chi connectivity index (χ2n) is 6.82. The summed E-state index contributed by atoms with van der Waals surface area (Å²) in [7, 11) is 0. The van der Waals surface area contributed by atoms with Crippen molar-refractivity contribution >= 4 is 11.8 Å². The molecule has 126 valence electrons. The summed E-state index contributed by atoms with van der Waals surface area (Å²) in [5.74, 6) is 0.0706. The molecule has 0 unspecified atom stereocenters. The van der Waals surface area contributed by atoms with E-state index < -0.39 is 5.54 Å². The highest BCUT2D eigenvalue weighted by Crippen LogP contribution is 2.32. The zero-order valence-corrected chi connectivity index (χ0v) is 14.1. The molecule has 2 rings (SSSR count). The Balaban J connectivity index is 2.07. The Morgan fingerprint density at radius 2 is 2.00 bits per heavy atom. The van der Waals surface area contributed by atoms with E-state index in [9.17, 15) is 14.0 Å². The van der Waals surface area contributed by atoms with Crippen molar-refractivity contribution < 1.29 is 14.0 Å². The van der Waals surface area contributed by atoms with Crippen LogP contribution < -0.4 is 5.32 Å². The van der Waals surface area contributed by atoms with Crippen LogP contribution in [0.1, 0.15) is 45.6 Å². The molecule has 1 fully saturated rings. The van der Waals surface area contributed by atoms with Gasteiger partial charge in [0.05, 0.1) is 0 Å². The van der Waals surface area contributed by atoms with Gasteiger partial charge < -0.3 is 10.2 Å². The van der Waals surface area contributed by atoms with Gasteiger partial charge in [0.25, 0.3) is 0 Å². The van der Waals surface area contributed by atoms with Gasteiger partial charge in [-0.1, -0.05) is 26.0 Å². The van der Waals surface area contributed by atoms with Gasteiger partial charge in [-0.15, -0.1) is 0 Å². The molecular weight excluding hydrogens is 295 g/mol. The van der Waals surface area contributed by atoms with Crippen LogP contribution >= 0.6 is 0 Å². The van der Waals surface area contributed by atoms with Crippen LogP contribution in [0.25, 0.3) is 0 Å². The van der Waals surface area contributed by atoms with Gasteiger partial charge in [-0.2, -0.15) is 0 Å². The first kappa shape index (κ1) is 17.4. The van der Waals surface area contributed by atoms with Crippen LogP contribution in [0.15, 0.2) is 24.3 Å². The maximum Gasteiger partial charge on any atom is 0.245 e. The first-order valence-corrected chi connectivity index (χ1v) is 8.16. The molecule has 1 atom stereocenters. The van der Waals surface area contributed by atoms with E-state index >= 15 is 0 Å². The fourth-order valence-electron chi connectivity index (χ4n) is 2.83. The zero-order valence-electron chi connectivity index (χ0n) is 14.1. The molecule has 1 aromatic rings. The second-order valence-corrected chi connectivity index (χ2v) is 6.82. The first-order chi connectivity index (χ1) is 10.8. The number of halogens is 1. The molecule has 1 heterocycles. The summed E-state index contributed by atoms with van der Waals surface area (Å²) in [6.07, 6.45) is 1.80. The van der Waals surface area contributed by atoms with Crippen LogP contribution in [-0.2, 0) is 16.1 Å². The summed E-state index contributed by atoms with van der Waals surface area (Å²) in [5, 5.41) is 2.95. The number of benzene rings is 1. The predicted molar refractivity (Wildman–Crippen MR) is 87.1 cm³/mol. The lowest BCUT2D eigenvalue weighted by molar-refractivity contribution is -0.141. The number of amides is 2. The fraction of sp³-hybridized carbons (Fsp3) is 0.556. The van der Waals surface area contributed by atoms with E-state index in [1.54, 1.807) is 17.0 Å². The summed E-state index contributed by atoms with van der Waals surface area (Å²) >= 11 is 0. The van der Waals surface area contributed by atoms with Crippen molar-refractivity contribution in [3.05, 3.63) is 35.6 Å². The van der Waals surface area contributed by atoms with Crippen LogP contribution in [0.4, 0.5) is 4.39 Å². The minimum atomic E-state index is -0.831. The second kappa shape index (κ2) is 7.11. The Kier molecular flexibility index (Phi) is 5.39. The van der Waals surface area contributed by atoms with Gasteiger partial charge in [0.15, 0.2) is 0 Å². The van der Waals surface area contributed by atoms with E-state index in [-0.39, 0.29) is 17.6 Å². The molecule has 5 heteroatoms. The van der Waals surface area contributed by atoms with Crippen LogP contribution in [-0.4, -0.2) is 28.8 Å². The number of rotatable bonds is 6. The molecule has 0 radical (unpaired) electrons. The van der Waals surface area contributed by atoms with E-state index in [2.05, 4.69) is 19.2 Å². The van der Waals surface area contributed by atoms with Gasteiger partial charge >= 0.3 is 0 Å². The number of carbonyl (C=O) groups is 2. The Labute approximate surface area is 137 Å². The average molecular weight is 320 g/mol. The molecule has 0 saturated carbocycles. The molecule has 1 saturated heterocycles. The maximum absolute atomic E-state index is 13.0. The molecule has 1 N–H and O–H groups in total. The number of hydrogen-bond donors (Lipinski definition) is 1. The van der Waals surface area contributed by atoms with E-state index in [1.807, 2.05) is 6.92 Å². The van der Waals surface area contributed by atoms with Crippen molar-refractivity contribution in [3.8, 4) is 0 Å². The third-order valence-electron chi connectivity index (χ3n) is 4.47. The Hall–Kier alpha value is -1.91. The summed E-state index contributed by atoms with van der Waals surface area (Å²) in [5.41, 5.74) is -0.00882. The SMILES string of the molecule is CC(C)CCNC(=O)[C@]1(C)CCC(=O)N1Cc1ccc(F)cc1. The summed E-state index contributed by atoms with van der Waals surface area (Å²) in [4.78, 5) is 26.4. The van der Waals surface area contributed by atoms with Crippen molar-refractivity contribution in [1.82, 2.24) is 10.2 Å². The van der Waals surface area contributed by atoms with Crippen molar-refractivity contribution in [3.63, 3.8) is 0 Å². The molecule has 1 aliphatic rings. The van der Waals surface area contributed by atoms with Gasteiger partial charge in [-0.05, 0) is 43.4 Å². The number of likely N-dealkylation sites (tertiary alicyclic amines) is 1. The minimum absolute atomic E-state index is 0.0316. The van der Waals surface area contributed by atoms with Gasteiger partial charge in [0.1, 0.15) is 11.4 Å². The summed E-state index contributed by atoms with van der Waals surface area (Å²) in [6, 6.07) is 6.04. The molecule has 23 heavy (non-hydrogen) atoms. The van der Waals surface area contributed by atoms with E-state index in [4.69, 9.17) is 0 Å². The molecular formula is C18H25FN2O2.